The number of aromatic nitrogens is 1. The minimum atomic E-state index is 0.279. The Morgan fingerprint density at radius 2 is 1.95 bits per heavy atom. The maximum absolute atomic E-state index is 12.1. The van der Waals surface area contributed by atoms with Gasteiger partial charge in [0, 0.05) is 23.9 Å². The lowest BCUT2D eigenvalue weighted by Gasteiger charge is -2.11. The lowest BCUT2D eigenvalue weighted by atomic mass is 9.94. The van der Waals surface area contributed by atoms with Gasteiger partial charge in [-0.2, -0.15) is 0 Å². The van der Waals surface area contributed by atoms with Crippen molar-refractivity contribution >= 4 is 16.7 Å². The molecule has 20 heavy (non-hydrogen) atoms. The summed E-state index contributed by atoms with van der Waals surface area (Å²) in [6.07, 6.45) is 8.02. The summed E-state index contributed by atoms with van der Waals surface area (Å²) in [5.74, 6) is 0.279. The molecule has 0 unspecified atom stereocenters. The second-order valence-electron chi connectivity index (χ2n) is 5.50. The number of ketones is 1. The fourth-order valence-electron chi connectivity index (χ4n) is 2.79. The van der Waals surface area contributed by atoms with E-state index in [0.717, 1.165) is 29.4 Å². The van der Waals surface area contributed by atoms with Crippen LogP contribution in [0.25, 0.3) is 10.9 Å². The summed E-state index contributed by atoms with van der Waals surface area (Å²) in [5.41, 5.74) is 3.17. The van der Waals surface area contributed by atoms with Crippen LogP contribution in [0.2, 0.25) is 0 Å². The minimum Gasteiger partial charge on any atom is -0.299 e. The number of Topliss-reactive ketones (excluding diaryl/α,β-unsaturated/α-hetero) is 1. The van der Waals surface area contributed by atoms with E-state index in [-0.39, 0.29) is 5.78 Å². The zero-order valence-electron chi connectivity index (χ0n) is 11.6. The standard InChI is InChI=1S/C18H19NO/c20-17(12-14-6-2-1-3-7-14)13-16-11-10-15-8-4-5-9-18(15)19-16/h4-6,8-11H,1-3,7,12-13H2. The molecule has 1 heterocycles. The molecule has 3 rings (SSSR count). The first-order valence-corrected chi connectivity index (χ1v) is 7.35. The molecule has 1 aromatic carbocycles. The zero-order chi connectivity index (χ0) is 13.8. The van der Waals surface area contributed by atoms with Crippen LogP contribution in [0, 0.1) is 0 Å². The number of rotatable bonds is 4. The Kier molecular flexibility index (Phi) is 3.91. The van der Waals surface area contributed by atoms with Crippen molar-refractivity contribution in [3.05, 3.63) is 53.7 Å². The third-order valence-corrected chi connectivity index (χ3v) is 3.84. The predicted octanol–water partition coefficient (Wildman–Crippen LogP) is 4.24. The highest BCUT2D eigenvalue weighted by atomic mass is 16.1. The largest absolute Gasteiger partial charge is 0.299 e. The van der Waals surface area contributed by atoms with E-state index in [1.807, 2.05) is 36.4 Å². The number of carbonyl (C=O) groups excluding carboxylic acids is 1. The van der Waals surface area contributed by atoms with E-state index < -0.39 is 0 Å². The molecule has 0 N–H and O–H groups in total. The van der Waals surface area contributed by atoms with Gasteiger partial charge < -0.3 is 0 Å². The molecule has 0 atom stereocenters. The van der Waals surface area contributed by atoms with Crippen molar-refractivity contribution in [1.29, 1.82) is 0 Å². The van der Waals surface area contributed by atoms with Crippen LogP contribution < -0.4 is 0 Å². The molecule has 2 heteroatoms. The number of para-hydroxylation sites is 1. The van der Waals surface area contributed by atoms with Crippen LogP contribution in [-0.4, -0.2) is 10.8 Å². The molecule has 102 valence electrons. The van der Waals surface area contributed by atoms with Crippen molar-refractivity contribution < 1.29 is 4.79 Å². The summed E-state index contributed by atoms with van der Waals surface area (Å²) in [6, 6.07) is 12.0. The van der Waals surface area contributed by atoms with Gasteiger partial charge in [0.05, 0.1) is 5.52 Å². The van der Waals surface area contributed by atoms with Gasteiger partial charge in [0.1, 0.15) is 5.78 Å². The van der Waals surface area contributed by atoms with Gasteiger partial charge in [-0.15, -0.1) is 0 Å². The average Bonchev–Trinajstić information content (AvgIpc) is 2.48. The summed E-state index contributed by atoms with van der Waals surface area (Å²) in [5, 5.41) is 1.12. The van der Waals surface area contributed by atoms with Gasteiger partial charge >= 0.3 is 0 Å². The van der Waals surface area contributed by atoms with Gasteiger partial charge in [-0.05, 0) is 37.8 Å². The quantitative estimate of drug-likeness (QED) is 0.774. The van der Waals surface area contributed by atoms with Crippen LogP contribution in [-0.2, 0) is 11.2 Å². The van der Waals surface area contributed by atoms with Crippen molar-refractivity contribution in [3.63, 3.8) is 0 Å². The van der Waals surface area contributed by atoms with Crippen molar-refractivity contribution in [2.75, 3.05) is 0 Å². The molecule has 0 aliphatic heterocycles. The number of hydrogen-bond donors (Lipinski definition) is 0. The molecule has 0 fully saturated rings. The van der Waals surface area contributed by atoms with Crippen LogP contribution in [0.4, 0.5) is 0 Å². The number of allylic oxidation sites excluding steroid dienone is 2. The first-order chi connectivity index (χ1) is 9.81. The first-order valence-electron chi connectivity index (χ1n) is 7.35. The molecular formula is C18H19NO. The normalized spacial score (nSPS) is 15.1. The summed E-state index contributed by atoms with van der Waals surface area (Å²) in [6.45, 7) is 0. The molecule has 0 bridgehead atoms. The monoisotopic (exact) mass is 265 g/mol. The number of hydrogen-bond acceptors (Lipinski definition) is 2. The highest BCUT2D eigenvalue weighted by Gasteiger charge is 2.10. The van der Waals surface area contributed by atoms with Gasteiger partial charge in [0.25, 0.3) is 0 Å². The first kappa shape index (κ1) is 13.0. The maximum atomic E-state index is 12.1. The topological polar surface area (TPSA) is 30.0 Å². The Morgan fingerprint density at radius 3 is 2.80 bits per heavy atom. The minimum absolute atomic E-state index is 0.279. The summed E-state index contributed by atoms with van der Waals surface area (Å²) < 4.78 is 0. The van der Waals surface area contributed by atoms with E-state index >= 15 is 0 Å². The molecule has 0 saturated carbocycles. The average molecular weight is 265 g/mol. The Balaban J connectivity index is 1.69. The fraction of sp³-hybridized carbons (Fsp3) is 0.333. The van der Waals surface area contributed by atoms with Crippen LogP contribution >= 0.6 is 0 Å². The van der Waals surface area contributed by atoms with Crippen molar-refractivity contribution in [3.8, 4) is 0 Å². The summed E-state index contributed by atoms with van der Waals surface area (Å²) in [7, 11) is 0. The highest BCUT2D eigenvalue weighted by Crippen LogP contribution is 2.21. The molecule has 0 spiro atoms. The van der Waals surface area contributed by atoms with Gasteiger partial charge in [-0.25, -0.2) is 0 Å². The molecule has 1 aliphatic carbocycles. The van der Waals surface area contributed by atoms with E-state index in [0.29, 0.717) is 12.8 Å². The van der Waals surface area contributed by atoms with Crippen molar-refractivity contribution in [1.82, 2.24) is 4.98 Å². The highest BCUT2D eigenvalue weighted by molar-refractivity contribution is 5.84. The smallest absolute Gasteiger partial charge is 0.142 e. The van der Waals surface area contributed by atoms with Gasteiger partial charge in [-0.1, -0.05) is 35.9 Å². The van der Waals surface area contributed by atoms with Crippen LogP contribution in [0.1, 0.15) is 37.8 Å². The number of pyridine rings is 1. The van der Waals surface area contributed by atoms with Crippen LogP contribution in [0.3, 0.4) is 0 Å². The SMILES string of the molecule is O=C(CC1=CCCCC1)Cc1ccc2ccccc2n1. The molecule has 0 radical (unpaired) electrons. The van der Waals surface area contributed by atoms with Gasteiger partial charge in [0.2, 0.25) is 0 Å². The molecule has 2 aromatic rings. The molecule has 2 nitrogen and oxygen atoms in total. The lowest BCUT2D eigenvalue weighted by Crippen LogP contribution is -2.07. The van der Waals surface area contributed by atoms with Gasteiger partial charge in [0.15, 0.2) is 0 Å². The Labute approximate surface area is 119 Å². The fourth-order valence-corrected chi connectivity index (χ4v) is 2.79. The van der Waals surface area contributed by atoms with E-state index in [2.05, 4.69) is 11.1 Å². The molecule has 0 saturated heterocycles. The molecule has 1 aliphatic rings. The number of benzene rings is 1. The lowest BCUT2D eigenvalue weighted by molar-refractivity contribution is -0.117. The van der Waals surface area contributed by atoms with E-state index in [9.17, 15) is 4.79 Å². The van der Waals surface area contributed by atoms with E-state index in [1.54, 1.807) is 0 Å². The third kappa shape index (κ3) is 3.13. The third-order valence-electron chi connectivity index (χ3n) is 3.84. The number of fused-ring (bicyclic) bond motifs is 1. The number of carbonyl (C=O) groups is 1. The van der Waals surface area contributed by atoms with E-state index in [4.69, 9.17) is 0 Å². The maximum Gasteiger partial charge on any atom is 0.142 e. The summed E-state index contributed by atoms with van der Waals surface area (Å²) >= 11 is 0. The van der Waals surface area contributed by atoms with E-state index in [1.165, 1.54) is 18.4 Å². The Hall–Kier alpha value is -1.96. The molecule has 1 aromatic heterocycles. The zero-order valence-corrected chi connectivity index (χ0v) is 11.6. The molecular weight excluding hydrogens is 246 g/mol. The van der Waals surface area contributed by atoms with Crippen LogP contribution in [0.15, 0.2) is 48.0 Å². The number of nitrogens with zero attached hydrogens (tertiary/aromatic N) is 1. The second-order valence-corrected chi connectivity index (χ2v) is 5.50. The van der Waals surface area contributed by atoms with Crippen molar-refractivity contribution in [2.45, 2.75) is 38.5 Å². The van der Waals surface area contributed by atoms with Gasteiger partial charge in [-0.3, -0.25) is 9.78 Å². The Bertz CT molecular complexity index is 657. The summed E-state index contributed by atoms with van der Waals surface area (Å²) in [4.78, 5) is 16.7. The predicted molar refractivity (Wildman–Crippen MR) is 81.6 cm³/mol. The molecule has 0 amide bonds. The Morgan fingerprint density at radius 1 is 1.05 bits per heavy atom. The van der Waals surface area contributed by atoms with Crippen LogP contribution in [0.5, 0.6) is 0 Å². The van der Waals surface area contributed by atoms with Crippen molar-refractivity contribution in [2.24, 2.45) is 0 Å². The second kappa shape index (κ2) is 6.00.